The predicted octanol–water partition coefficient (Wildman–Crippen LogP) is 3.34. The highest BCUT2D eigenvalue weighted by Crippen LogP contribution is 2.26. The summed E-state index contributed by atoms with van der Waals surface area (Å²) in [6, 6.07) is 4.52. The predicted molar refractivity (Wildman–Crippen MR) is 83.7 cm³/mol. The molecule has 6 heteroatoms. The van der Waals surface area contributed by atoms with E-state index in [2.05, 4.69) is 17.6 Å². The first kappa shape index (κ1) is 16.9. The molecule has 116 valence electrons. The summed E-state index contributed by atoms with van der Waals surface area (Å²) in [6.45, 7) is 6.43. The Morgan fingerprint density at radius 2 is 2.10 bits per heavy atom. The van der Waals surface area contributed by atoms with Crippen LogP contribution in [-0.4, -0.2) is 23.4 Å². The van der Waals surface area contributed by atoms with E-state index in [0.717, 1.165) is 19.3 Å². The zero-order valence-electron chi connectivity index (χ0n) is 12.8. The first-order valence-electron chi connectivity index (χ1n) is 7.32. The maximum absolute atomic E-state index is 11.8. The van der Waals surface area contributed by atoms with Gasteiger partial charge in [-0.15, -0.1) is 0 Å². The summed E-state index contributed by atoms with van der Waals surface area (Å²) in [7, 11) is 0. The van der Waals surface area contributed by atoms with Crippen molar-refractivity contribution in [3.05, 3.63) is 33.9 Å². The molecule has 0 saturated carbocycles. The molecule has 2 N–H and O–H groups in total. The van der Waals surface area contributed by atoms with Crippen LogP contribution in [0.1, 0.15) is 50.4 Å². The molecule has 0 bridgehead atoms. The number of amides is 1. The number of carbonyl (C=O) groups is 1. The Balaban J connectivity index is 2.98. The summed E-state index contributed by atoms with van der Waals surface area (Å²) in [4.78, 5) is 22.5. The fourth-order valence-corrected chi connectivity index (χ4v) is 2.06. The maximum Gasteiger partial charge on any atom is 0.292 e. The minimum absolute atomic E-state index is 0.00797. The van der Waals surface area contributed by atoms with Crippen molar-refractivity contribution in [2.45, 2.75) is 46.1 Å². The van der Waals surface area contributed by atoms with Crippen LogP contribution in [0.3, 0.4) is 0 Å². The molecule has 0 aliphatic rings. The molecule has 1 atom stereocenters. The number of hydrogen-bond acceptors (Lipinski definition) is 4. The number of benzene rings is 1. The van der Waals surface area contributed by atoms with Crippen molar-refractivity contribution in [2.24, 2.45) is 0 Å². The minimum Gasteiger partial charge on any atom is -0.377 e. The third-order valence-electron chi connectivity index (χ3n) is 3.19. The van der Waals surface area contributed by atoms with E-state index in [1.54, 1.807) is 6.07 Å². The van der Waals surface area contributed by atoms with Gasteiger partial charge in [0.25, 0.3) is 11.6 Å². The molecule has 1 aromatic carbocycles. The smallest absolute Gasteiger partial charge is 0.292 e. The molecule has 1 aromatic rings. The highest BCUT2D eigenvalue weighted by molar-refractivity contribution is 5.95. The van der Waals surface area contributed by atoms with Crippen molar-refractivity contribution >= 4 is 17.3 Å². The van der Waals surface area contributed by atoms with Gasteiger partial charge >= 0.3 is 0 Å². The van der Waals surface area contributed by atoms with Crippen LogP contribution in [0.25, 0.3) is 0 Å². The van der Waals surface area contributed by atoms with Gasteiger partial charge in [-0.1, -0.05) is 19.8 Å². The molecule has 0 aliphatic heterocycles. The van der Waals surface area contributed by atoms with Crippen LogP contribution in [0.2, 0.25) is 0 Å². The van der Waals surface area contributed by atoms with E-state index in [9.17, 15) is 14.9 Å². The van der Waals surface area contributed by atoms with Gasteiger partial charge in [-0.2, -0.15) is 0 Å². The quantitative estimate of drug-likeness (QED) is 0.568. The number of nitro groups is 1. The van der Waals surface area contributed by atoms with Crippen LogP contribution in [-0.2, 0) is 0 Å². The largest absolute Gasteiger partial charge is 0.377 e. The second-order valence-corrected chi connectivity index (χ2v) is 5.04. The fourth-order valence-electron chi connectivity index (χ4n) is 2.06. The van der Waals surface area contributed by atoms with Crippen molar-refractivity contribution in [1.82, 2.24) is 5.32 Å². The summed E-state index contributed by atoms with van der Waals surface area (Å²) in [5, 5.41) is 16.9. The first-order chi connectivity index (χ1) is 9.99. The van der Waals surface area contributed by atoms with E-state index in [4.69, 9.17) is 0 Å². The van der Waals surface area contributed by atoms with E-state index >= 15 is 0 Å². The van der Waals surface area contributed by atoms with Crippen LogP contribution in [0.5, 0.6) is 0 Å². The lowest BCUT2D eigenvalue weighted by Gasteiger charge is -2.15. The zero-order chi connectivity index (χ0) is 15.8. The third-order valence-corrected chi connectivity index (χ3v) is 3.19. The van der Waals surface area contributed by atoms with Gasteiger partial charge in [0.2, 0.25) is 0 Å². The summed E-state index contributed by atoms with van der Waals surface area (Å²) in [5.74, 6) is -0.225. The van der Waals surface area contributed by atoms with Crippen LogP contribution < -0.4 is 10.6 Å². The number of hydrogen-bond donors (Lipinski definition) is 2. The second-order valence-electron chi connectivity index (χ2n) is 5.04. The topological polar surface area (TPSA) is 84.3 Å². The molecule has 21 heavy (non-hydrogen) atoms. The number of unbranched alkanes of at least 4 members (excludes halogenated alkanes) is 1. The van der Waals surface area contributed by atoms with Gasteiger partial charge in [0.15, 0.2) is 0 Å². The number of rotatable bonds is 8. The van der Waals surface area contributed by atoms with Gasteiger partial charge in [0, 0.05) is 24.2 Å². The maximum atomic E-state index is 11.8. The first-order valence-corrected chi connectivity index (χ1v) is 7.32. The molecule has 0 radical (unpaired) electrons. The number of anilines is 1. The standard InChI is InChI=1S/C15H23N3O3/c1-4-6-7-11(3)17-13-10-12(15(19)16-5-2)8-9-14(13)18(20)21/h8-11,17H,4-7H2,1-3H3,(H,16,19). The Kier molecular flexibility index (Phi) is 6.65. The highest BCUT2D eigenvalue weighted by Gasteiger charge is 2.18. The molecular weight excluding hydrogens is 270 g/mol. The Morgan fingerprint density at radius 3 is 2.67 bits per heavy atom. The highest BCUT2D eigenvalue weighted by atomic mass is 16.6. The Labute approximate surface area is 125 Å². The third kappa shape index (κ3) is 5.06. The molecule has 0 heterocycles. The summed E-state index contributed by atoms with van der Waals surface area (Å²) in [5.41, 5.74) is 0.811. The Bertz CT molecular complexity index is 503. The number of nitrogens with zero attached hydrogens (tertiary/aromatic N) is 1. The van der Waals surface area contributed by atoms with Gasteiger partial charge in [-0.05, 0) is 32.4 Å². The van der Waals surface area contributed by atoms with E-state index in [1.165, 1.54) is 12.1 Å². The molecule has 0 aromatic heterocycles. The summed E-state index contributed by atoms with van der Waals surface area (Å²) >= 11 is 0. The van der Waals surface area contributed by atoms with Crippen LogP contribution >= 0.6 is 0 Å². The molecule has 1 unspecified atom stereocenters. The van der Waals surface area contributed by atoms with Gasteiger partial charge in [0.05, 0.1) is 4.92 Å². The molecule has 1 amide bonds. The zero-order valence-corrected chi connectivity index (χ0v) is 12.8. The molecule has 0 saturated heterocycles. The lowest BCUT2D eigenvalue weighted by Crippen LogP contribution is -2.23. The van der Waals surface area contributed by atoms with Crippen molar-refractivity contribution in [1.29, 1.82) is 0 Å². The molecule has 6 nitrogen and oxygen atoms in total. The lowest BCUT2D eigenvalue weighted by atomic mass is 10.1. The Hall–Kier alpha value is -2.11. The molecular formula is C15H23N3O3. The van der Waals surface area contributed by atoms with Gasteiger partial charge in [-0.3, -0.25) is 14.9 Å². The van der Waals surface area contributed by atoms with E-state index in [-0.39, 0.29) is 17.6 Å². The normalized spacial score (nSPS) is 11.8. The number of carbonyl (C=O) groups excluding carboxylic acids is 1. The van der Waals surface area contributed by atoms with Gasteiger partial charge in [0.1, 0.15) is 5.69 Å². The monoisotopic (exact) mass is 293 g/mol. The van der Waals surface area contributed by atoms with Crippen molar-refractivity contribution in [3.8, 4) is 0 Å². The van der Waals surface area contributed by atoms with Gasteiger partial charge in [-0.25, -0.2) is 0 Å². The number of nitrogens with one attached hydrogen (secondary N) is 2. The number of nitro benzene ring substituents is 1. The van der Waals surface area contributed by atoms with E-state index in [0.29, 0.717) is 17.8 Å². The van der Waals surface area contributed by atoms with Gasteiger partial charge < -0.3 is 10.6 Å². The molecule has 1 rings (SSSR count). The van der Waals surface area contributed by atoms with Crippen molar-refractivity contribution in [3.63, 3.8) is 0 Å². The molecule has 0 fully saturated rings. The van der Waals surface area contributed by atoms with Crippen molar-refractivity contribution < 1.29 is 9.72 Å². The fraction of sp³-hybridized carbons (Fsp3) is 0.533. The average molecular weight is 293 g/mol. The van der Waals surface area contributed by atoms with E-state index in [1.807, 2.05) is 13.8 Å². The summed E-state index contributed by atoms with van der Waals surface area (Å²) in [6.07, 6.45) is 3.06. The summed E-state index contributed by atoms with van der Waals surface area (Å²) < 4.78 is 0. The average Bonchev–Trinajstić information content (AvgIpc) is 2.45. The van der Waals surface area contributed by atoms with Crippen molar-refractivity contribution in [2.75, 3.05) is 11.9 Å². The molecule has 0 spiro atoms. The molecule has 0 aliphatic carbocycles. The SMILES string of the molecule is CCCCC(C)Nc1cc(C(=O)NCC)ccc1[N+](=O)[O-]. The van der Waals surface area contributed by atoms with Crippen LogP contribution in [0.15, 0.2) is 18.2 Å². The minimum atomic E-state index is -0.434. The van der Waals surface area contributed by atoms with Crippen LogP contribution in [0, 0.1) is 10.1 Å². The lowest BCUT2D eigenvalue weighted by molar-refractivity contribution is -0.384. The van der Waals surface area contributed by atoms with Crippen LogP contribution in [0.4, 0.5) is 11.4 Å². The van der Waals surface area contributed by atoms with E-state index < -0.39 is 4.92 Å². The Morgan fingerprint density at radius 1 is 1.38 bits per heavy atom. The second kappa shape index (κ2) is 8.24.